The number of amides is 2. The van der Waals surface area contributed by atoms with Crippen LogP contribution in [0.4, 0.5) is 5.95 Å². The number of nitriles is 1. The van der Waals surface area contributed by atoms with Crippen LogP contribution in [0.25, 0.3) is 11.2 Å². The van der Waals surface area contributed by atoms with Gasteiger partial charge in [0.1, 0.15) is 5.52 Å². The van der Waals surface area contributed by atoms with E-state index >= 15 is 0 Å². The normalized spacial score (nSPS) is 13.0. The maximum atomic E-state index is 12.9. The van der Waals surface area contributed by atoms with Gasteiger partial charge < -0.3 is 9.64 Å². The highest BCUT2D eigenvalue weighted by Crippen LogP contribution is 2.22. The number of likely N-dealkylation sites (tertiary alicyclic amines) is 1. The van der Waals surface area contributed by atoms with Crippen LogP contribution >= 0.6 is 0 Å². The van der Waals surface area contributed by atoms with Gasteiger partial charge in [-0.25, -0.2) is 9.97 Å². The molecule has 0 spiro atoms. The lowest BCUT2D eigenvalue weighted by molar-refractivity contribution is 0.0724. The number of piperidine rings is 1. The van der Waals surface area contributed by atoms with Crippen LogP contribution in [0.15, 0.2) is 36.5 Å². The van der Waals surface area contributed by atoms with Gasteiger partial charge in [-0.1, -0.05) is 19.9 Å². The molecule has 2 amide bonds. The van der Waals surface area contributed by atoms with Gasteiger partial charge in [-0.15, -0.1) is 0 Å². The summed E-state index contributed by atoms with van der Waals surface area (Å²) in [6, 6.07) is 10.3. The Labute approximate surface area is 212 Å². The number of aryl methyl sites for hydroxylation is 1. The SMILES string of the molecule is CC.COCCCCn1c(NC(=O)c2cccc(C#N)c2)nc2cc(C(=O)N3CCCCC3)cnc21. The molecule has 190 valence electrons. The van der Waals surface area contributed by atoms with Gasteiger partial charge in [0.15, 0.2) is 5.65 Å². The van der Waals surface area contributed by atoms with Crippen LogP contribution in [0.3, 0.4) is 0 Å². The summed E-state index contributed by atoms with van der Waals surface area (Å²) in [4.78, 5) is 36.9. The Bertz CT molecular complexity index is 1220. The molecule has 36 heavy (non-hydrogen) atoms. The van der Waals surface area contributed by atoms with Crippen LogP contribution in [-0.2, 0) is 11.3 Å². The molecule has 2 aromatic heterocycles. The van der Waals surface area contributed by atoms with E-state index in [4.69, 9.17) is 10.00 Å². The second kappa shape index (κ2) is 13.4. The molecule has 0 saturated carbocycles. The maximum Gasteiger partial charge on any atom is 0.258 e. The first kappa shape index (κ1) is 26.8. The minimum absolute atomic E-state index is 0.0392. The van der Waals surface area contributed by atoms with E-state index < -0.39 is 0 Å². The minimum Gasteiger partial charge on any atom is -0.385 e. The van der Waals surface area contributed by atoms with Gasteiger partial charge in [-0.05, 0) is 56.4 Å². The van der Waals surface area contributed by atoms with Crippen LogP contribution in [0.5, 0.6) is 0 Å². The van der Waals surface area contributed by atoms with Gasteiger partial charge in [0.25, 0.3) is 11.8 Å². The molecule has 9 nitrogen and oxygen atoms in total. The number of methoxy groups -OCH3 is 1. The summed E-state index contributed by atoms with van der Waals surface area (Å²) in [5.41, 5.74) is 2.43. The molecule has 1 fully saturated rings. The Morgan fingerprint density at radius 1 is 1.11 bits per heavy atom. The number of hydrogen-bond donors (Lipinski definition) is 1. The highest BCUT2D eigenvalue weighted by Gasteiger charge is 2.21. The fourth-order valence-corrected chi connectivity index (χ4v) is 4.13. The number of hydrogen-bond acceptors (Lipinski definition) is 6. The third-order valence-corrected chi connectivity index (χ3v) is 5.93. The van der Waals surface area contributed by atoms with Crippen LogP contribution in [0, 0.1) is 11.3 Å². The van der Waals surface area contributed by atoms with Gasteiger partial charge in [0.2, 0.25) is 5.95 Å². The zero-order chi connectivity index (χ0) is 25.9. The second-order valence-corrected chi connectivity index (χ2v) is 8.35. The Morgan fingerprint density at radius 3 is 2.61 bits per heavy atom. The lowest BCUT2D eigenvalue weighted by Gasteiger charge is -2.26. The summed E-state index contributed by atoms with van der Waals surface area (Å²) in [7, 11) is 1.66. The average Bonchev–Trinajstić information content (AvgIpc) is 3.28. The molecule has 0 unspecified atom stereocenters. The van der Waals surface area contributed by atoms with Gasteiger partial charge in [-0.3, -0.25) is 19.5 Å². The number of carbonyl (C=O) groups is 2. The van der Waals surface area contributed by atoms with Crippen LogP contribution < -0.4 is 5.32 Å². The van der Waals surface area contributed by atoms with E-state index in [1.807, 2.05) is 29.4 Å². The Hall–Kier alpha value is -3.77. The quantitative estimate of drug-likeness (QED) is 0.461. The summed E-state index contributed by atoms with van der Waals surface area (Å²) in [5.74, 6) is -0.0485. The van der Waals surface area contributed by atoms with Gasteiger partial charge in [0, 0.05) is 45.1 Å². The number of nitrogens with zero attached hydrogens (tertiary/aromatic N) is 5. The van der Waals surface area contributed by atoms with Crippen molar-refractivity contribution in [3.63, 3.8) is 0 Å². The van der Waals surface area contributed by atoms with Crippen molar-refractivity contribution in [2.75, 3.05) is 32.1 Å². The van der Waals surface area contributed by atoms with E-state index in [-0.39, 0.29) is 11.8 Å². The number of unbranched alkanes of at least 4 members (excludes halogenated alkanes) is 1. The molecule has 9 heteroatoms. The van der Waals surface area contributed by atoms with Crippen LogP contribution in [-0.4, -0.2) is 58.1 Å². The van der Waals surface area contributed by atoms with E-state index in [2.05, 4.69) is 15.3 Å². The number of imidazole rings is 1. The number of rotatable bonds is 8. The van der Waals surface area contributed by atoms with E-state index in [1.54, 1.807) is 37.6 Å². The molecular formula is C27H34N6O3. The van der Waals surface area contributed by atoms with Crippen molar-refractivity contribution in [2.24, 2.45) is 0 Å². The van der Waals surface area contributed by atoms with E-state index in [1.165, 1.54) is 6.07 Å². The largest absolute Gasteiger partial charge is 0.385 e. The molecule has 0 atom stereocenters. The number of nitrogens with one attached hydrogen (secondary N) is 1. The zero-order valence-electron chi connectivity index (χ0n) is 21.3. The molecule has 1 aliphatic rings. The predicted octanol–water partition coefficient (Wildman–Crippen LogP) is 4.63. The van der Waals surface area contributed by atoms with E-state index in [9.17, 15) is 9.59 Å². The second-order valence-electron chi connectivity index (χ2n) is 8.35. The third-order valence-electron chi connectivity index (χ3n) is 5.93. The summed E-state index contributed by atoms with van der Waals surface area (Å²) in [6.45, 7) is 6.74. The fraction of sp³-hybridized carbons (Fsp3) is 0.444. The standard InChI is InChI=1S/C25H28N6O3.C2H6/c1-34-13-6-5-12-31-22-21(15-20(17-27-22)24(33)30-10-3-2-4-11-30)28-25(31)29-23(32)19-9-7-8-18(14-19)16-26;1-2/h7-9,14-15,17H,2-6,10-13H2,1H3,(H,28,29,32);1-2H3. The molecule has 1 saturated heterocycles. The molecule has 3 aromatic rings. The molecule has 1 aromatic carbocycles. The molecule has 1 aliphatic heterocycles. The number of ether oxygens (including phenoxy) is 1. The van der Waals surface area contributed by atoms with Gasteiger partial charge in [-0.2, -0.15) is 5.26 Å². The fourth-order valence-electron chi connectivity index (χ4n) is 4.13. The average molecular weight is 491 g/mol. The monoisotopic (exact) mass is 490 g/mol. The molecular weight excluding hydrogens is 456 g/mol. The van der Waals surface area contributed by atoms with Crippen molar-refractivity contribution in [3.05, 3.63) is 53.2 Å². The van der Waals surface area contributed by atoms with Crippen molar-refractivity contribution in [3.8, 4) is 6.07 Å². The lowest BCUT2D eigenvalue weighted by atomic mass is 10.1. The first-order chi connectivity index (χ1) is 17.6. The summed E-state index contributed by atoms with van der Waals surface area (Å²) in [5, 5.41) is 12.0. The number of anilines is 1. The Kier molecular flexibility index (Phi) is 9.95. The Morgan fingerprint density at radius 2 is 1.89 bits per heavy atom. The summed E-state index contributed by atoms with van der Waals surface area (Å²) in [6.07, 6.45) is 6.42. The first-order valence-electron chi connectivity index (χ1n) is 12.6. The van der Waals surface area contributed by atoms with Crippen molar-refractivity contribution >= 4 is 28.9 Å². The number of pyridine rings is 1. The van der Waals surface area contributed by atoms with Gasteiger partial charge in [0.05, 0.1) is 17.2 Å². The summed E-state index contributed by atoms with van der Waals surface area (Å²) < 4.78 is 7.00. The molecule has 0 aliphatic carbocycles. The smallest absolute Gasteiger partial charge is 0.258 e. The number of aromatic nitrogens is 3. The van der Waals surface area contributed by atoms with Crippen LogP contribution in [0.1, 0.15) is 72.2 Å². The van der Waals surface area contributed by atoms with Crippen molar-refractivity contribution in [1.82, 2.24) is 19.4 Å². The van der Waals surface area contributed by atoms with Crippen molar-refractivity contribution in [2.45, 2.75) is 52.5 Å². The number of benzene rings is 1. The topological polar surface area (TPSA) is 113 Å². The molecule has 0 bridgehead atoms. The molecule has 3 heterocycles. The van der Waals surface area contributed by atoms with Crippen LogP contribution in [0.2, 0.25) is 0 Å². The number of carbonyl (C=O) groups excluding carboxylic acids is 2. The summed E-state index contributed by atoms with van der Waals surface area (Å²) >= 11 is 0. The predicted molar refractivity (Wildman–Crippen MR) is 139 cm³/mol. The highest BCUT2D eigenvalue weighted by atomic mass is 16.5. The Balaban J connectivity index is 0.00000176. The maximum absolute atomic E-state index is 12.9. The zero-order valence-corrected chi connectivity index (χ0v) is 21.3. The van der Waals surface area contributed by atoms with E-state index in [0.29, 0.717) is 47.0 Å². The number of fused-ring (bicyclic) bond motifs is 1. The lowest BCUT2D eigenvalue weighted by Crippen LogP contribution is -2.35. The van der Waals surface area contributed by atoms with E-state index in [0.717, 1.165) is 45.2 Å². The molecule has 1 N–H and O–H groups in total. The minimum atomic E-state index is -0.366. The third kappa shape index (κ3) is 6.46. The molecule has 4 rings (SSSR count). The molecule has 0 radical (unpaired) electrons. The highest BCUT2D eigenvalue weighted by molar-refractivity contribution is 6.04. The first-order valence-corrected chi connectivity index (χ1v) is 12.6. The van der Waals surface area contributed by atoms with Gasteiger partial charge >= 0.3 is 0 Å². The van der Waals surface area contributed by atoms with Crippen molar-refractivity contribution < 1.29 is 14.3 Å². The van der Waals surface area contributed by atoms with Crippen molar-refractivity contribution in [1.29, 1.82) is 5.26 Å².